The zero-order chi connectivity index (χ0) is 23.8. The van der Waals surface area contributed by atoms with Crippen molar-refractivity contribution in [2.45, 2.75) is 13.5 Å². The SMILES string of the molecule is CCOc1cc(/C=N\NC(=O)c2cc(Br)ccc2OC)ccc1OCc1ccc(Cl)c(Cl)c1. The molecule has 0 spiro atoms. The van der Waals surface area contributed by atoms with Gasteiger partial charge in [-0.25, -0.2) is 5.43 Å². The molecule has 0 aromatic heterocycles. The van der Waals surface area contributed by atoms with Crippen molar-refractivity contribution < 1.29 is 19.0 Å². The van der Waals surface area contributed by atoms with Crippen LogP contribution in [0.2, 0.25) is 10.0 Å². The lowest BCUT2D eigenvalue weighted by molar-refractivity contribution is 0.0952. The summed E-state index contributed by atoms with van der Waals surface area (Å²) in [6, 6.07) is 15.9. The van der Waals surface area contributed by atoms with Crippen LogP contribution in [-0.2, 0) is 6.61 Å². The fourth-order valence-electron chi connectivity index (χ4n) is 2.87. The van der Waals surface area contributed by atoms with E-state index in [-0.39, 0.29) is 0 Å². The molecule has 3 rings (SSSR count). The molecule has 0 radical (unpaired) electrons. The van der Waals surface area contributed by atoms with Crippen LogP contribution in [0, 0.1) is 0 Å². The zero-order valence-corrected chi connectivity index (χ0v) is 21.0. The van der Waals surface area contributed by atoms with Gasteiger partial charge in [-0.3, -0.25) is 4.79 Å². The number of nitrogens with one attached hydrogen (secondary N) is 1. The minimum absolute atomic E-state index is 0.301. The monoisotopic (exact) mass is 550 g/mol. The Morgan fingerprint density at radius 3 is 2.52 bits per heavy atom. The number of rotatable bonds is 9. The summed E-state index contributed by atoms with van der Waals surface area (Å²) < 4.78 is 17.6. The molecule has 0 aliphatic rings. The number of carbonyl (C=O) groups is 1. The van der Waals surface area contributed by atoms with Gasteiger partial charge in [0, 0.05) is 4.47 Å². The highest BCUT2D eigenvalue weighted by Crippen LogP contribution is 2.30. The molecule has 1 N–H and O–H groups in total. The van der Waals surface area contributed by atoms with Crippen molar-refractivity contribution in [3.8, 4) is 17.2 Å². The summed E-state index contributed by atoms with van der Waals surface area (Å²) in [6.45, 7) is 2.65. The number of halogens is 3. The van der Waals surface area contributed by atoms with Crippen LogP contribution < -0.4 is 19.6 Å². The van der Waals surface area contributed by atoms with Gasteiger partial charge >= 0.3 is 0 Å². The van der Waals surface area contributed by atoms with Crippen molar-refractivity contribution in [2.24, 2.45) is 5.10 Å². The van der Waals surface area contributed by atoms with Gasteiger partial charge in [0.15, 0.2) is 11.5 Å². The second-order valence-corrected chi connectivity index (χ2v) is 8.45. The lowest BCUT2D eigenvalue weighted by atomic mass is 10.2. The molecule has 0 heterocycles. The standard InChI is InChI=1S/C24H21BrCl2N2O4/c1-3-32-23-11-15(5-8-22(23)33-14-16-4-7-19(26)20(27)10-16)13-28-29-24(30)18-12-17(25)6-9-21(18)31-2/h4-13H,3,14H2,1-2H3,(H,29,30)/b28-13-. The third kappa shape index (κ3) is 6.87. The molecule has 172 valence electrons. The molecule has 33 heavy (non-hydrogen) atoms. The summed E-state index contributed by atoms with van der Waals surface area (Å²) in [5.41, 5.74) is 4.47. The van der Waals surface area contributed by atoms with Gasteiger partial charge in [0.2, 0.25) is 0 Å². The third-order valence-corrected chi connectivity index (χ3v) is 5.66. The van der Waals surface area contributed by atoms with Crippen LogP contribution in [0.3, 0.4) is 0 Å². The summed E-state index contributed by atoms with van der Waals surface area (Å²) in [7, 11) is 1.50. The van der Waals surface area contributed by atoms with E-state index in [0.29, 0.717) is 46.1 Å². The van der Waals surface area contributed by atoms with Crippen molar-refractivity contribution in [1.29, 1.82) is 0 Å². The van der Waals surface area contributed by atoms with Gasteiger partial charge in [-0.05, 0) is 66.6 Å². The van der Waals surface area contributed by atoms with E-state index in [2.05, 4.69) is 26.5 Å². The molecule has 0 fully saturated rings. The Morgan fingerprint density at radius 2 is 1.79 bits per heavy atom. The van der Waals surface area contributed by atoms with Gasteiger partial charge in [0.25, 0.3) is 5.91 Å². The maximum Gasteiger partial charge on any atom is 0.275 e. The van der Waals surface area contributed by atoms with Crippen LogP contribution in [0.5, 0.6) is 17.2 Å². The number of nitrogens with zero attached hydrogens (tertiary/aromatic N) is 1. The summed E-state index contributed by atoms with van der Waals surface area (Å²) >= 11 is 15.4. The van der Waals surface area contributed by atoms with Crippen LogP contribution in [0.1, 0.15) is 28.4 Å². The van der Waals surface area contributed by atoms with Gasteiger partial charge in [-0.15, -0.1) is 0 Å². The number of carbonyl (C=O) groups excluding carboxylic acids is 1. The second-order valence-electron chi connectivity index (χ2n) is 6.72. The summed E-state index contributed by atoms with van der Waals surface area (Å²) in [5.74, 6) is 1.19. The number of hydrogen-bond donors (Lipinski definition) is 1. The second kappa shape index (κ2) is 11.9. The highest BCUT2D eigenvalue weighted by atomic mass is 79.9. The van der Waals surface area contributed by atoms with E-state index in [0.717, 1.165) is 15.6 Å². The van der Waals surface area contributed by atoms with Crippen LogP contribution in [0.15, 0.2) is 64.2 Å². The topological polar surface area (TPSA) is 69.2 Å². The van der Waals surface area contributed by atoms with Gasteiger partial charge in [0.05, 0.1) is 35.5 Å². The first kappa shape index (κ1) is 24.9. The Kier molecular flexibility index (Phi) is 9.00. The maximum atomic E-state index is 12.5. The zero-order valence-electron chi connectivity index (χ0n) is 17.9. The Bertz CT molecular complexity index is 1170. The summed E-state index contributed by atoms with van der Waals surface area (Å²) in [5, 5.41) is 5.01. The van der Waals surface area contributed by atoms with Crippen molar-refractivity contribution in [1.82, 2.24) is 5.43 Å². The predicted octanol–water partition coefficient (Wildman–Crippen LogP) is 6.51. The molecule has 0 aliphatic heterocycles. The molecule has 6 nitrogen and oxygen atoms in total. The molecule has 3 aromatic carbocycles. The van der Waals surface area contributed by atoms with E-state index in [1.165, 1.54) is 13.3 Å². The Hall–Kier alpha value is -2.74. The molecule has 0 unspecified atom stereocenters. The molecule has 0 saturated heterocycles. The first-order chi connectivity index (χ1) is 15.9. The molecular weight excluding hydrogens is 531 g/mol. The van der Waals surface area contributed by atoms with Crippen molar-refractivity contribution in [3.63, 3.8) is 0 Å². The molecule has 0 saturated carbocycles. The van der Waals surface area contributed by atoms with Crippen LogP contribution in [-0.4, -0.2) is 25.8 Å². The maximum absolute atomic E-state index is 12.5. The highest BCUT2D eigenvalue weighted by Gasteiger charge is 2.12. The first-order valence-electron chi connectivity index (χ1n) is 9.91. The predicted molar refractivity (Wildman–Crippen MR) is 134 cm³/mol. The molecule has 0 atom stereocenters. The normalized spacial score (nSPS) is 10.8. The van der Waals surface area contributed by atoms with E-state index in [9.17, 15) is 4.79 Å². The fraction of sp³-hybridized carbons (Fsp3) is 0.167. The van der Waals surface area contributed by atoms with E-state index in [4.69, 9.17) is 37.4 Å². The number of hydrazone groups is 1. The van der Waals surface area contributed by atoms with Crippen molar-refractivity contribution in [3.05, 3.63) is 85.8 Å². The van der Waals surface area contributed by atoms with E-state index >= 15 is 0 Å². The number of hydrogen-bond acceptors (Lipinski definition) is 5. The van der Waals surface area contributed by atoms with Crippen molar-refractivity contribution >= 4 is 51.3 Å². The molecule has 0 bridgehead atoms. The van der Waals surface area contributed by atoms with E-state index < -0.39 is 5.91 Å². The minimum Gasteiger partial charge on any atom is -0.496 e. The minimum atomic E-state index is -0.393. The Labute approximate surface area is 210 Å². The van der Waals surface area contributed by atoms with E-state index in [1.807, 2.05) is 19.1 Å². The molecule has 9 heteroatoms. The Balaban J connectivity index is 1.69. The fourth-order valence-corrected chi connectivity index (χ4v) is 3.55. The average molecular weight is 552 g/mol. The van der Waals surface area contributed by atoms with E-state index in [1.54, 1.807) is 42.5 Å². The number of benzene rings is 3. The summed E-state index contributed by atoms with van der Waals surface area (Å²) in [4.78, 5) is 12.5. The third-order valence-electron chi connectivity index (χ3n) is 4.43. The van der Waals surface area contributed by atoms with Crippen LogP contribution in [0.4, 0.5) is 0 Å². The van der Waals surface area contributed by atoms with Gasteiger partial charge in [-0.2, -0.15) is 5.10 Å². The number of ether oxygens (including phenoxy) is 3. The van der Waals surface area contributed by atoms with Gasteiger partial charge in [0.1, 0.15) is 12.4 Å². The quantitative estimate of drug-likeness (QED) is 0.243. The molecule has 1 amide bonds. The van der Waals surface area contributed by atoms with Crippen molar-refractivity contribution in [2.75, 3.05) is 13.7 Å². The lowest BCUT2D eigenvalue weighted by Gasteiger charge is -2.13. The van der Waals surface area contributed by atoms with Crippen LogP contribution in [0.25, 0.3) is 0 Å². The highest BCUT2D eigenvalue weighted by molar-refractivity contribution is 9.10. The van der Waals surface area contributed by atoms with Crippen LogP contribution >= 0.6 is 39.1 Å². The molecule has 3 aromatic rings. The smallest absolute Gasteiger partial charge is 0.275 e. The Morgan fingerprint density at radius 1 is 1.00 bits per heavy atom. The van der Waals surface area contributed by atoms with Gasteiger partial charge in [-0.1, -0.05) is 45.2 Å². The van der Waals surface area contributed by atoms with Gasteiger partial charge < -0.3 is 14.2 Å². The average Bonchev–Trinajstić information content (AvgIpc) is 2.80. The molecular formula is C24H21BrCl2N2O4. The lowest BCUT2D eigenvalue weighted by Crippen LogP contribution is -2.18. The molecule has 0 aliphatic carbocycles. The summed E-state index contributed by atoms with van der Waals surface area (Å²) in [6.07, 6.45) is 1.52. The largest absolute Gasteiger partial charge is 0.496 e. The number of amides is 1. The first-order valence-corrected chi connectivity index (χ1v) is 11.5. The number of methoxy groups -OCH3 is 1.